The van der Waals surface area contributed by atoms with E-state index < -0.39 is 7.32 Å². The molecular weight excluding hydrogens is 145 g/mol. The Labute approximate surface area is 64.6 Å². The quantitative estimate of drug-likeness (QED) is 0.432. The summed E-state index contributed by atoms with van der Waals surface area (Å²) in [7, 11) is -2.30. The average molecular weight is 151 g/mol. The largest absolute Gasteiger partial charge is 0.869 e. The Kier molecular flexibility index (Phi) is 2.91. The van der Waals surface area contributed by atoms with E-state index in [-0.39, 0.29) is 0 Å². The lowest BCUT2D eigenvalue weighted by atomic mass is 10.3. The summed E-state index contributed by atoms with van der Waals surface area (Å²) in [5.74, 6) is 0. The lowest BCUT2D eigenvalue weighted by Gasteiger charge is -2.25. The van der Waals surface area contributed by atoms with Gasteiger partial charge < -0.3 is 14.8 Å². The number of rotatable bonds is 3. The average Bonchev–Trinajstić information content (AvgIpc) is 2.03. The third kappa shape index (κ3) is 3.04. The van der Waals surface area contributed by atoms with Crippen LogP contribution in [0.5, 0.6) is 0 Å². The van der Waals surface area contributed by atoms with Crippen LogP contribution >= 0.6 is 0 Å². The van der Waals surface area contributed by atoms with Gasteiger partial charge in [-0.15, -0.1) is 0 Å². The van der Waals surface area contributed by atoms with Crippen LogP contribution in [0.25, 0.3) is 0 Å². The summed E-state index contributed by atoms with van der Waals surface area (Å²) in [5, 5.41) is 19.7. The van der Waals surface area contributed by atoms with Gasteiger partial charge in [0.1, 0.15) is 7.32 Å². The number of hydrogen-bond donors (Lipinski definition) is 1. The predicted octanol–water partition coefficient (Wildman–Crippen LogP) is -1.26. The van der Waals surface area contributed by atoms with Crippen LogP contribution in [0.3, 0.4) is 0 Å². The molecule has 1 aromatic rings. The molecule has 4 nitrogen and oxygen atoms in total. The lowest BCUT2D eigenvalue weighted by molar-refractivity contribution is -0.379. The highest BCUT2D eigenvalue weighted by atomic mass is 16.7. The van der Waals surface area contributed by atoms with Crippen molar-refractivity contribution in [3.05, 3.63) is 30.3 Å². The van der Waals surface area contributed by atoms with Crippen LogP contribution in [0.15, 0.2) is 30.3 Å². The van der Waals surface area contributed by atoms with E-state index in [0.29, 0.717) is 5.69 Å². The maximum atomic E-state index is 9.86. The highest BCUT2D eigenvalue weighted by Crippen LogP contribution is 2.03. The summed E-state index contributed by atoms with van der Waals surface area (Å²) in [6.07, 6.45) is 0. The number of anilines is 1. The SMILES string of the molecule is [O-]B([O-])ONc1ccccc1. The molecule has 5 heteroatoms. The summed E-state index contributed by atoms with van der Waals surface area (Å²) >= 11 is 0. The molecule has 0 saturated heterocycles. The van der Waals surface area contributed by atoms with E-state index in [0.717, 1.165) is 0 Å². The van der Waals surface area contributed by atoms with E-state index in [1.54, 1.807) is 24.3 Å². The summed E-state index contributed by atoms with van der Waals surface area (Å²) in [6.45, 7) is 0. The normalized spacial score (nSPS) is 9.27. The number of benzene rings is 1. The predicted molar refractivity (Wildman–Crippen MR) is 36.9 cm³/mol. The first kappa shape index (κ1) is 8.07. The Hall–Kier alpha value is -1.04. The molecule has 1 N–H and O–H groups in total. The molecule has 0 aliphatic carbocycles. The molecule has 0 spiro atoms. The molecule has 0 amide bonds. The number of hydrogen-bond acceptors (Lipinski definition) is 4. The summed E-state index contributed by atoms with van der Waals surface area (Å²) in [6, 6.07) is 8.70. The van der Waals surface area contributed by atoms with Gasteiger partial charge in [0.15, 0.2) is 0 Å². The minimum absolute atomic E-state index is 0.587. The van der Waals surface area contributed by atoms with Gasteiger partial charge in [-0.3, -0.25) is 5.48 Å². The van der Waals surface area contributed by atoms with E-state index in [1.165, 1.54) is 0 Å². The minimum atomic E-state index is -2.30. The molecule has 0 aromatic heterocycles. The Bertz CT molecular complexity index is 204. The molecule has 1 aromatic carbocycles. The Morgan fingerprint density at radius 3 is 2.36 bits per heavy atom. The molecular formula is C6H6BNO3-2. The van der Waals surface area contributed by atoms with Gasteiger partial charge in [-0.25, -0.2) is 0 Å². The van der Waals surface area contributed by atoms with Gasteiger partial charge in [0.05, 0.1) is 5.69 Å². The third-order valence-corrected chi connectivity index (χ3v) is 1.05. The minimum Gasteiger partial charge on any atom is -0.869 e. The highest BCUT2D eigenvalue weighted by molar-refractivity contribution is 6.28. The van der Waals surface area contributed by atoms with Crippen LogP contribution in [0, 0.1) is 0 Å². The molecule has 0 heterocycles. The molecule has 0 radical (unpaired) electrons. The fourth-order valence-electron chi connectivity index (χ4n) is 0.622. The smallest absolute Gasteiger partial charge is 0.101 e. The van der Waals surface area contributed by atoms with Crippen molar-refractivity contribution >= 4 is 13.0 Å². The van der Waals surface area contributed by atoms with Crippen LogP contribution in [0.1, 0.15) is 0 Å². The second kappa shape index (κ2) is 3.97. The van der Waals surface area contributed by atoms with Gasteiger partial charge in [-0.05, 0) is 12.1 Å². The second-order valence-electron chi connectivity index (χ2n) is 1.87. The maximum absolute atomic E-state index is 9.86. The Morgan fingerprint density at radius 2 is 1.82 bits per heavy atom. The summed E-state index contributed by atoms with van der Waals surface area (Å²) in [4.78, 5) is 0. The van der Waals surface area contributed by atoms with E-state index >= 15 is 0 Å². The van der Waals surface area contributed by atoms with E-state index in [4.69, 9.17) is 0 Å². The standard InChI is InChI=1S/C6H6BNO3/c9-7(10)11-8-6-4-2-1-3-5-6/h1-5,8H/q-2. The monoisotopic (exact) mass is 151 g/mol. The van der Waals surface area contributed by atoms with Crippen molar-refractivity contribution in [1.82, 2.24) is 0 Å². The van der Waals surface area contributed by atoms with E-state index in [1.807, 2.05) is 6.07 Å². The molecule has 0 fully saturated rings. The first-order valence-electron chi connectivity index (χ1n) is 3.07. The molecule has 11 heavy (non-hydrogen) atoms. The first-order valence-corrected chi connectivity index (χ1v) is 3.07. The van der Waals surface area contributed by atoms with Crippen LogP contribution in [0.2, 0.25) is 0 Å². The molecule has 0 atom stereocenters. The molecule has 0 bridgehead atoms. The van der Waals surface area contributed by atoms with Crippen molar-refractivity contribution in [1.29, 1.82) is 0 Å². The third-order valence-electron chi connectivity index (χ3n) is 1.05. The topological polar surface area (TPSA) is 67.4 Å². The van der Waals surface area contributed by atoms with Crippen LogP contribution in [-0.4, -0.2) is 7.32 Å². The summed E-state index contributed by atoms with van der Waals surface area (Å²) in [5.41, 5.74) is 2.81. The molecule has 0 aliphatic heterocycles. The molecule has 1 rings (SSSR count). The van der Waals surface area contributed by atoms with E-state index in [2.05, 4.69) is 10.2 Å². The molecule has 58 valence electrons. The number of para-hydroxylation sites is 1. The second-order valence-corrected chi connectivity index (χ2v) is 1.87. The molecule has 0 unspecified atom stereocenters. The molecule has 0 saturated carbocycles. The highest BCUT2D eigenvalue weighted by Gasteiger charge is 1.84. The lowest BCUT2D eigenvalue weighted by Crippen LogP contribution is -2.49. The Morgan fingerprint density at radius 1 is 1.18 bits per heavy atom. The first-order chi connectivity index (χ1) is 5.29. The van der Waals surface area contributed by atoms with Gasteiger partial charge in [0.2, 0.25) is 0 Å². The van der Waals surface area contributed by atoms with Crippen LogP contribution in [0.4, 0.5) is 5.69 Å². The molecule has 0 aliphatic rings. The van der Waals surface area contributed by atoms with Crippen LogP contribution in [-0.2, 0) is 4.76 Å². The van der Waals surface area contributed by atoms with Crippen molar-refractivity contribution < 1.29 is 14.8 Å². The van der Waals surface area contributed by atoms with Gasteiger partial charge in [-0.1, -0.05) is 18.2 Å². The van der Waals surface area contributed by atoms with Crippen molar-refractivity contribution in [2.24, 2.45) is 0 Å². The zero-order valence-corrected chi connectivity index (χ0v) is 5.69. The van der Waals surface area contributed by atoms with Crippen molar-refractivity contribution in [3.8, 4) is 0 Å². The van der Waals surface area contributed by atoms with Gasteiger partial charge in [0.25, 0.3) is 0 Å². The van der Waals surface area contributed by atoms with Crippen LogP contribution < -0.4 is 15.5 Å². The zero-order valence-electron chi connectivity index (χ0n) is 5.69. The van der Waals surface area contributed by atoms with Crippen molar-refractivity contribution in [3.63, 3.8) is 0 Å². The van der Waals surface area contributed by atoms with Crippen molar-refractivity contribution in [2.75, 3.05) is 5.48 Å². The van der Waals surface area contributed by atoms with Gasteiger partial charge in [-0.2, -0.15) is 0 Å². The van der Waals surface area contributed by atoms with Gasteiger partial charge >= 0.3 is 0 Å². The number of nitrogens with one attached hydrogen (secondary N) is 1. The summed E-state index contributed by atoms with van der Waals surface area (Å²) < 4.78 is 4.07. The van der Waals surface area contributed by atoms with Gasteiger partial charge in [0, 0.05) is 0 Å². The fourth-order valence-corrected chi connectivity index (χ4v) is 0.622. The van der Waals surface area contributed by atoms with Crippen molar-refractivity contribution in [2.45, 2.75) is 0 Å². The fraction of sp³-hybridized carbons (Fsp3) is 0. The Balaban J connectivity index is 2.39. The maximum Gasteiger partial charge on any atom is 0.101 e. The van der Waals surface area contributed by atoms with E-state index in [9.17, 15) is 10.0 Å². The zero-order chi connectivity index (χ0) is 8.10.